The number of rotatable bonds is 8. The van der Waals surface area contributed by atoms with E-state index in [2.05, 4.69) is 0 Å². The molecular formula is C31H28F6O3. The van der Waals surface area contributed by atoms with Gasteiger partial charge >= 0.3 is 0 Å². The fourth-order valence-corrected chi connectivity index (χ4v) is 5.25. The van der Waals surface area contributed by atoms with Gasteiger partial charge in [-0.3, -0.25) is 0 Å². The lowest BCUT2D eigenvalue weighted by atomic mass is 9.81. The van der Waals surface area contributed by atoms with Crippen molar-refractivity contribution in [3.8, 4) is 22.6 Å². The molecule has 40 heavy (non-hydrogen) atoms. The van der Waals surface area contributed by atoms with Gasteiger partial charge in [-0.15, -0.1) is 0 Å². The van der Waals surface area contributed by atoms with Gasteiger partial charge in [-0.2, -0.15) is 8.78 Å². The number of ether oxygens (including phenoxy) is 3. The van der Waals surface area contributed by atoms with Crippen LogP contribution in [0.2, 0.25) is 0 Å². The number of hydrogen-bond acceptors (Lipinski definition) is 3. The molecule has 0 saturated carbocycles. The van der Waals surface area contributed by atoms with Crippen LogP contribution in [0, 0.1) is 34.9 Å². The summed E-state index contributed by atoms with van der Waals surface area (Å²) in [6.45, 7) is 3.85. The Balaban J connectivity index is 1.44. The van der Waals surface area contributed by atoms with Crippen LogP contribution in [0.4, 0.5) is 26.3 Å². The molecule has 0 aromatic heterocycles. The van der Waals surface area contributed by atoms with Crippen molar-refractivity contribution in [2.75, 3.05) is 19.8 Å². The van der Waals surface area contributed by atoms with E-state index in [1.807, 2.05) is 6.92 Å². The van der Waals surface area contributed by atoms with Crippen LogP contribution in [-0.2, 0) is 17.6 Å². The summed E-state index contributed by atoms with van der Waals surface area (Å²) in [7, 11) is 0. The van der Waals surface area contributed by atoms with Gasteiger partial charge in [0.15, 0.2) is 34.8 Å². The summed E-state index contributed by atoms with van der Waals surface area (Å²) < 4.78 is 106. The Morgan fingerprint density at radius 3 is 2.10 bits per heavy atom. The number of allylic oxidation sites excluding steroid dienone is 1. The zero-order chi connectivity index (χ0) is 28.6. The predicted octanol–water partition coefficient (Wildman–Crippen LogP) is 8.41. The average molecular weight is 563 g/mol. The van der Waals surface area contributed by atoms with E-state index in [4.69, 9.17) is 14.2 Å². The third-order valence-electron chi connectivity index (χ3n) is 7.32. The van der Waals surface area contributed by atoms with Crippen molar-refractivity contribution < 1.29 is 40.6 Å². The van der Waals surface area contributed by atoms with Gasteiger partial charge in [0.1, 0.15) is 5.76 Å². The quantitative estimate of drug-likeness (QED) is 0.204. The molecule has 0 radical (unpaired) electrons. The summed E-state index contributed by atoms with van der Waals surface area (Å²) >= 11 is 0. The van der Waals surface area contributed by atoms with Crippen LogP contribution in [0.25, 0.3) is 16.9 Å². The van der Waals surface area contributed by atoms with Gasteiger partial charge in [0.2, 0.25) is 11.6 Å². The molecule has 0 saturated heterocycles. The first-order valence-corrected chi connectivity index (χ1v) is 13.4. The van der Waals surface area contributed by atoms with Crippen LogP contribution in [0.5, 0.6) is 11.5 Å². The highest BCUT2D eigenvalue weighted by Crippen LogP contribution is 2.44. The first-order valence-electron chi connectivity index (χ1n) is 13.4. The van der Waals surface area contributed by atoms with E-state index in [1.54, 1.807) is 6.92 Å². The van der Waals surface area contributed by atoms with Crippen molar-refractivity contribution in [1.82, 2.24) is 0 Å². The minimum absolute atomic E-state index is 0.0220. The van der Waals surface area contributed by atoms with Crippen LogP contribution < -0.4 is 9.47 Å². The second-order valence-corrected chi connectivity index (χ2v) is 9.85. The Labute approximate surface area is 228 Å². The number of halogens is 6. The highest BCUT2D eigenvalue weighted by Gasteiger charge is 2.33. The molecular weight excluding hydrogens is 534 g/mol. The van der Waals surface area contributed by atoms with Crippen molar-refractivity contribution in [2.45, 2.75) is 51.9 Å². The van der Waals surface area contributed by atoms with E-state index in [-0.39, 0.29) is 72.2 Å². The minimum Gasteiger partial charge on any atom is -0.493 e. The molecule has 2 aliphatic rings. The molecule has 0 spiro atoms. The van der Waals surface area contributed by atoms with E-state index in [0.717, 1.165) is 6.42 Å². The summed E-state index contributed by atoms with van der Waals surface area (Å²) in [6.07, 6.45) is 3.72. The first kappa shape index (κ1) is 27.9. The molecule has 1 aliphatic carbocycles. The Kier molecular flexibility index (Phi) is 8.01. The molecule has 3 nitrogen and oxygen atoms in total. The van der Waals surface area contributed by atoms with Crippen LogP contribution in [0.1, 0.15) is 61.3 Å². The topological polar surface area (TPSA) is 27.7 Å². The molecule has 9 heteroatoms. The third kappa shape index (κ3) is 4.90. The van der Waals surface area contributed by atoms with Crippen molar-refractivity contribution in [3.63, 3.8) is 0 Å². The smallest absolute Gasteiger partial charge is 0.201 e. The molecule has 3 aromatic rings. The van der Waals surface area contributed by atoms with Crippen molar-refractivity contribution in [2.24, 2.45) is 0 Å². The first-order chi connectivity index (χ1) is 19.3. The van der Waals surface area contributed by atoms with Gasteiger partial charge in [-0.25, -0.2) is 17.6 Å². The summed E-state index contributed by atoms with van der Waals surface area (Å²) in [5.74, 6) is -8.23. The lowest BCUT2D eigenvalue weighted by Gasteiger charge is -2.27. The van der Waals surface area contributed by atoms with Crippen LogP contribution >= 0.6 is 0 Å². The maximum Gasteiger partial charge on any atom is 0.201 e. The molecule has 1 atom stereocenters. The predicted molar refractivity (Wildman–Crippen MR) is 138 cm³/mol. The lowest BCUT2D eigenvalue weighted by molar-refractivity contribution is 0.231. The number of aryl methyl sites for hydroxylation is 2. The normalized spacial score (nSPS) is 16.1. The maximum atomic E-state index is 15.5. The summed E-state index contributed by atoms with van der Waals surface area (Å²) in [5, 5.41) is 0. The van der Waals surface area contributed by atoms with Gasteiger partial charge in [0, 0.05) is 17.0 Å². The highest BCUT2D eigenvalue weighted by molar-refractivity contribution is 5.76. The highest BCUT2D eigenvalue weighted by atomic mass is 19.2. The molecule has 0 amide bonds. The molecule has 0 N–H and O–H groups in total. The molecule has 5 rings (SSSR count). The zero-order valence-corrected chi connectivity index (χ0v) is 22.1. The summed E-state index contributed by atoms with van der Waals surface area (Å²) in [6, 6.07) is 5.46. The Hall–Kier alpha value is -3.62. The van der Waals surface area contributed by atoms with E-state index in [1.165, 1.54) is 30.3 Å². The number of benzene rings is 3. The number of unbranched alkanes of at least 4 members (excludes halogenated alkanes) is 1. The summed E-state index contributed by atoms with van der Waals surface area (Å²) in [5.41, 5.74) is 0.0341. The van der Waals surface area contributed by atoms with Gasteiger partial charge in [-0.05, 0) is 73.6 Å². The molecule has 1 unspecified atom stereocenters. The van der Waals surface area contributed by atoms with Gasteiger partial charge in [0.25, 0.3) is 0 Å². The van der Waals surface area contributed by atoms with Crippen LogP contribution in [-0.4, -0.2) is 19.8 Å². The number of hydrogen-bond donors (Lipinski definition) is 0. The van der Waals surface area contributed by atoms with E-state index >= 15 is 13.2 Å². The lowest BCUT2D eigenvalue weighted by Crippen LogP contribution is -2.18. The van der Waals surface area contributed by atoms with Crippen molar-refractivity contribution in [3.05, 3.63) is 87.5 Å². The molecule has 3 aromatic carbocycles. The molecule has 1 heterocycles. The monoisotopic (exact) mass is 562 g/mol. The Morgan fingerprint density at radius 2 is 1.45 bits per heavy atom. The zero-order valence-electron chi connectivity index (χ0n) is 22.1. The SMILES string of the molecule is CCCCOc1cc2c(c(F)c1F)-c1c(cc(C3CC=C(c4ccc(OCC)c(F)c4F)OC3)c(F)c1F)CC2. The average Bonchev–Trinajstić information content (AvgIpc) is 2.96. The van der Waals surface area contributed by atoms with Gasteiger partial charge in [0.05, 0.1) is 25.4 Å². The van der Waals surface area contributed by atoms with Crippen LogP contribution in [0.15, 0.2) is 30.3 Å². The fraction of sp³-hybridized carbons (Fsp3) is 0.355. The molecule has 1 aliphatic heterocycles. The summed E-state index contributed by atoms with van der Waals surface area (Å²) in [4.78, 5) is 0. The minimum atomic E-state index is -1.27. The Morgan fingerprint density at radius 1 is 0.775 bits per heavy atom. The fourth-order valence-electron chi connectivity index (χ4n) is 5.25. The molecule has 0 fully saturated rings. The molecule has 212 valence electrons. The number of fused-ring (bicyclic) bond motifs is 3. The van der Waals surface area contributed by atoms with Crippen LogP contribution in [0.3, 0.4) is 0 Å². The maximum absolute atomic E-state index is 15.5. The standard InChI is InChI=1S/C31H28F6O3/c1-3-5-12-39-23-14-17-7-6-16-13-20(27(33)30(36)24(16)25(17)31(37)29(23)35)18-8-10-21(40-15-18)19-9-11-22(38-4-2)28(34)26(19)32/h9-11,13-14,18H,3-8,12,15H2,1-2H3. The van der Waals surface area contributed by atoms with E-state index < -0.39 is 40.8 Å². The van der Waals surface area contributed by atoms with E-state index in [9.17, 15) is 13.2 Å². The van der Waals surface area contributed by atoms with Crippen molar-refractivity contribution >= 4 is 5.76 Å². The second kappa shape index (κ2) is 11.5. The largest absolute Gasteiger partial charge is 0.493 e. The second-order valence-electron chi connectivity index (χ2n) is 9.85. The Bertz CT molecular complexity index is 1480. The van der Waals surface area contributed by atoms with Gasteiger partial charge in [-0.1, -0.05) is 19.4 Å². The van der Waals surface area contributed by atoms with Crippen molar-refractivity contribution in [1.29, 1.82) is 0 Å². The van der Waals surface area contributed by atoms with Gasteiger partial charge < -0.3 is 14.2 Å². The molecule has 0 bridgehead atoms. The third-order valence-corrected chi connectivity index (χ3v) is 7.32. The van der Waals surface area contributed by atoms with E-state index in [0.29, 0.717) is 24.0 Å².